The fourth-order valence-electron chi connectivity index (χ4n) is 1.62. The Hall–Kier alpha value is -1.93. The second-order valence-electron chi connectivity index (χ2n) is 3.95. The molecule has 1 aromatic carbocycles. The van der Waals surface area contributed by atoms with Gasteiger partial charge in [-0.05, 0) is 37.1 Å². The number of aryl methyl sites for hydroxylation is 2. The quantitative estimate of drug-likeness (QED) is 0.922. The van der Waals surface area contributed by atoms with Crippen LogP contribution in [-0.4, -0.2) is 9.97 Å². The molecule has 0 saturated carbocycles. The minimum Gasteiger partial charge on any atom is -0.339 e. The minimum absolute atomic E-state index is 0.309. The van der Waals surface area contributed by atoms with E-state index in [-0.39, 0.29) is 0 Å². The average Bonchev–Trinajstić information content (AvgIpc) is 2.37. The Morgan fingerprint density at radius 2 is 1.83 bits per heavy atom. The highest BCUT2D eigenvalue weighted by Crippen LogP contribution is 2.26. The van der Waals surface area contributed by atoms with Gasteiger partial charge in [-0.2, -0.15) is 5.26 Å². The summed E-state index contributed by atoms with van der Waals surface area (Å²) in [5, 5.41) is 11.8. The zero-order valence-corrected chi connectivity index (χ0v) is 11.6. The van der Waals surface area contributed by atoms with Crippen LogP contribution >= 0.6 is 15.9 Å². The number of anilines is 2. The second kappa shape index (κ2) is 5.15. The van der Waals surface area contributed by atoms with E-state index in [1.165, 1.54) is 6.20 Å². The van der Waals surface area contributed by atoms with Crippen molar-refractivity contribution in [1.82, 2.24) is 9.97 Å². The van der Waals surface area contributed by atoms with E-state index in [0.29, 0.717) is 11.5 Å². The molecule has 0 fully saturated rings. The Kier molecular flexibility index (Phi) is 3.58. The summed E-state index contributed by atoms with van der Waals surface area (Å²) in [5.74, 6) is 0.620. The number of benzene rings is 1. The SMILES string of the molecule is Cc1cc(Nc2cnc(C#N)cn2)cc(C)c1Br. The van der Waals surface area contributed by atoms with Gasteiger partial charge in [-0.25, -0.2) is 9.97 Å². The maximum atomic E-state index is 8.64. The van der Waals surface area contributed by atoms with Crippen LogP contribution in [0, 0.1) is 25.2 Å². The zero-order valence-electron chi connectivity index (χ0n) is 10.0. The number of nitrogens with one attached hydrogen (secondary N) is 1. The van der Waals surface area contributed by atoms with Crippen LogP contribution in [0.4, 0.5) is 11.5 Å². The van der Waals surface area contributed by atoms with E-state index in [1.54, 1.807) is 6.20 Å². The summed E-state index contributed by atoms with van der Waals surface area (Å²) in [6, 6.07) is 5.99. The van der Waals surface area contributed by atoms with Crippen molar-refractivity contribution in [2.24, 2.45) is 0 Å². The molecule has 2 rings (SSSR count). The number of aromatic nitrogens is 2. The lowest BCUT2D eigenvalue weighted by Gasteiger charge is -2.09. The van der Waals surface area contributed by atoms with Crippen molar-refractivity contribution in [3.05, 3.63) is 45.8 Å². The molecule has 2 aromatic rings. The van der Waals surface area contributed by atoms with Gasteiger partial charge in [0.2, 0.25) is 0 Å². The third-order valence-electron chi connectivity index (χ3n) is 2.48. The summed E-state index contributed by atoms with van der Waals surface area (Å²) in [6.07, 6.45) is 2.99. The number of halogens is 1. The molecule has 5 heteroatoms. The molecule has 0 spiro atoms. The third-order valence-corrected chi connectivity index (χ3v) is 3.73. The van der Waals surface area contributed by atoms with Crippen LogP contribution in [0.1, 0.15) is 16.8 Å². The van der Waals surface area contributed by atoms with Gasteiger partial charge in [0.15, 0.2) is 5.69 Å². The summed E-state index contributed by atoms with van der Waals surface area (Å²) in [5.41, 5.74) is 3.56. The van der Waals surface area contributed by atoms with E-state index in [0.717, 1.165) is 21.3 Å². The summed E-state index contributed by atoms with van der Waals surface area (Å²) in [4.78, 5) is 8.08. The largest absolute Gasteiger partial charge is 0.339 e. The number of nitriles is 1. The monoisotopic (exact) mass is 302 g/mol. The van der Waals surface area contributed by atoms with Gasteiger partial charge in [0.1, 0.15) is 11.9 Å². The first kappa shape index (κ1) is 12.5. The maximum Gasteiger partial charge on any atom is 0.158 e. The second-order valence-corrected chi connectivity index (χ2v) is 4.74. The molecule has 1 N–H and O–H groups in total. The first-order valence-corrected chi connectivity index (χ1v) is 6.15. The normalized spacial score (nSPS) is 9.89. The van der Waals surface area contributed by atoms with Crippen LogP contribution in [0.3, 0.4) is 0 Å². The molecule has 1 aromatic heterocycles. The van der Waals surface area contributed by atoms with Crippen LogP contribution in [0.5, 0.6) is 0 Å². The van der Waals surface area contributed by atoms with Gasteiger partial charge < -0.3 is 5.32 Å². The molecular weight excluding hydrogens is 292 g/mol. The number of hydrogen-bond acceptors (Lipinski definition) is 4. The van der Waals surface area contributed by atoms with Crippen LogP contribution in [0.2, 0.25) is 0 Å². The van der Waals surface area contributed by atoms with Gasteiger partial charge in [-0.1, -0.05) is 15.9 Å². The van der Waals surface area contributed by atoms with E-state index in [4.69, 9.17) is 5.26 Å². The van der Waals surface area contributed by atoms with E-state index in [1.807, 2.05) is 32.0 Å². The van der Waals surface area contributed by atoms with Crippen molar-refractivity contribution in [3.8, 4) is 6.07 Å². The molecule has 0 aliphatic heterocycles. The summed E-state index contributed by atoms with van der Waals surface area (Å²) in [6.45, 7) is 4.07. The Labute approximate surface area is 114 Å². The third kappa shape index (κ3) is 2.66. The number of nitrogens with zero attached hydrogens (tertiary/aromatic N) is 3. The summed E-state index contributed by atoms with van der Waals surface area (Å²) >= 11 is 3.53. The molecule has 0 atom stereocenters. The first-order chi connectivity index (χ1) is 8.60. The Morgan fingerprint density at radius 3 is 2.33 bits per heavy atom. The molecule has 18 heavy (non-hydrogen) atoms. The van der Waals surface area contributed by atoms with Gasteiger partial charge in [-0.3, -0.25) is 0 Å². The average molecular weight is 303 g/mol. The Bertz CT molecular complexity index is 591. The van der Waals surface area contributed by atoms with Crippen molar-refractivity contribution in [2.45, 2.75) is 13.8 Å². The molecule has 0 unspecified atom stereocenters. The first-order valence-electron chi connectivity index (χ1n) is 5.36. The molecule has 1 heterocycles. The summed E-state index contributed by atoms with van der Waals surface area (Å²) in [7, 11) is 0. The van der Waals surface area contributed by atoms with E-state index < -0.39 is 0 Å². The predicted molar refractivity (Wildman–Crippen MR) is 73.6 cm³/mol. The van der Waals surface area contributed by atoms with Crippen molar-refractivity contribution in [2.75, 3.05) is 5.32 Å². The predicted octanol–water partition coefficient (Wildman–Crippen LogP) is 3.47. The molecule has 0 amide bonds. The van der Waals surface area contributed by atoms with Crippen LogP contribution in [-0.2, 0) is 0 Å². The van der Waals surface area contributed by atoms with Gasteiger partial charge in [0.25, 0.3) is 0 Å². The van der Waals surface area contributed by atoms with E-state index >= 15 is 0 Å². The zero-order chi connectivity index (χ0) is 13.1. The molecule has 0 radical (unpaired) electrons. The molecule has 4 nitrogen and oxygen atoms in total. The van der Waals surface area contributed by atoms with Crippen molar-refractivity contribution in [1.29, 1.82) is 5.26 Å². The van der Waals surface area contributed by atoms with Crippen molar-refractivity contribution < 1.29 is 0 Å². The van der Waals surface area contributed by atoms with Gasteiger partial charge in [0, 0.05) is 10.2 Å². The Morgan fingerprint density at radius 1 is 1.17 bits per heavy atom. The molecule has 90 valence electrons. The van der Waals surface area contributed by atoms with Crippen molar-refractivity contribution in [3.63, 3.8) is 0 Å². The molecule has 0 bridgehead atoms. The van der Waals surface area contributed by atoms with Crippen LogP contribution < -0.4 is 5.32 Å². The van der Waals surface area contributed by atoms with Crippen LogP contribution in [0.25, 0.3) is 0 Å². The van der Waals surface area contributed by atoms with Gasteiger partial charge >= 0.3 is 0 Å². The standard InChI is InChI=1S/C13H11BrN4/c1-8-3-10(4-9(2)13(8)14)18-12-7-16-11(5-15)6-17-12/h3-4,6-7H,1-2H3,(H,17,18). The highest BCUT2D eigenvalue weighted by molar-refractivity contribution is 9.10. The lowest BCUT2D eigenvalue weighted by atomic mass is 10.1. The van der Waals surface area contributed by atoms with E-state index in [9.17, 15) is 0 Å². The highest BCUT2D eigenvalue weighted by atomic mass is 79.9. The molecule has 0 aliphatic rings. The van der Waals surface area contributed by atoms with Gasteiger partial charge in [0.05, 0.1) is 12.4 Å². The van der Waals surface area contributed by atoms with Crippen LogP contribution in [0.15, 0.2) is 29.0 Å². The molecular formula is C13H11BrN4. The lowest BCUT2D eigenvalue weighted by Crippen LogP contribution is -1.97. The highest BCUT2D eigenvalue weighted by Gasteiger charge is 2.03. The van der Waals surface area contributed by atoms with Crippen molar-refractivity contribution >= 4 is 27.4 Å². The van der Waals surface area contributed by atoms with Gasteiger partial charge in [-0.15, -0.1) is 0 Å². The maximum absolute atomic E-state index is 8.64. The smallest absolute Gasteiger partial charge is 0.158 e. The Balaban J connectivity index is 2.26. The number of rotatable bonds is 2. The van der Waals surface area contributed by atoms with E-state index in [2.05, 4.69) is 31.2 Å². The molecule has 0 aliphatic carbocycles. The molecule has 0 saturated heterocycles. The minimum atomic E-state index is 0.309. The fraction of sp³-hybridized carbons (Fsp3) is 0.154. The fourth-order valence-corrected chi connectivity index (χ4v) is 1.85. The number of hydrogen-bond donors (Lipinski definition) is 1. The summed E-state index contributed by atoms with van der Waals surface area (Å²) < 4.78 is 1.11. The lowest BCUT2D eigenvalue weighted by molar-refractivity contribution is 1.16. The topological polar surface area (TPSA) is 61.6 Å².